The molecule has 0 fully saturated rings. The Morgan fingerprint density at radius 2 is 1.86 bits per heavy atom. The van der Waals surface area contributed by atoms with Crippen LogP contribution in [0, 0.1) is 10.1 Å². The molecule has 0 saturated heterocycles. The second-order valence-corrected chi connectivity index (χ2v) is 4.76. The van der Waals surface area contributed by atoms with Crippen LogP contribution in [0.25, 0.3) is 0 Å². The fourth-order valence-electron chi connectivity index (χ4n) is 1.57. The van der Waals surface area contributed by atoms with E-state index >= 15 is 0 Å². The monoisotopic (exact) mass is 352 g/mol. The summed E-state index contributed by atoms with van der Waals surface area (Å²) in [5.74, 6) is -0.916. The molecule has 1 aromatic heterocycles. The van der Waals surface area contributed by atoms with Crippen molar-refractivity contribution in [2.24, 2.45) is 0 Å². The highest BCUT2D eigenvalue weighted by atomic mass is 35.5. The number of benzene rings is 1. The van der Waals surface area contributed by atoms with Gasteiger partial charge in [0.2, 0.25) is 5.88 Å². The maximum Gasteiger partial charge on any atom is 0.423 e. The Morgan fingerprint density at radius 3 is 2.41 bits per heavy atom. The van der Waals surface area contributed by atoms with Gasteiger partial charge < -0.3 is 4.74 Å². The van der Waals surface area contributed by atoms with E-state index < -0.39 is 33.3 Å². The molecule has 0 aliphatic rings. The first-order valence-corrected chi connectivity index (χ1v) is 6.29. The molecule has 0 bridgehead atoms. The van der Waals surface area contributed by atoms with Crippen molar-refractivity contribution in [3.63, 3.8) is 0 Å². The summed E-state index contributed by atoms with van der Waals surface area (Å²) in [7, 11) is 0. The van der Waals surface area contributed by atoms with E-state index in [1.165, 1.54) is 0 Å². The zero-order chi connectivity index (χ0) is 16.5. The van der Waals surface area contributed by atoms with Crippen molar-refractivity contribution in [1.29, 1.82) is 0 Å². The van der Waals surface area contributed by atoms with Crippen LogP contribution in [0.1, 0.15) is 5.56 Å². The molecule has 0 amide bonds. The topological polar surface area (TPSA) is 65.3 Å². The Kier molecular flexibility index (Phi) is 4.43. The van der Waals surface area contributed by atoms with Crippen molar-refractivity contribution < 1.29 is 22.8 Å². The van der Waals surface area contributed by atoms with E-state index in [4.69, 9.17) is 27.9 Å². The number of alkyl halides is 3. The molecular formula is C12H5Cl2F3N2O3. The average molecular weight is 353 g/mol. The Balaban J connectivity index is 2.42. The van der Waals surface area contributed by atoms with E-state index in [2.05, 4.69) is 4.98 Å². The van der Waals surface area contributed by atoms with Gasteiger partial charge in [0.1, 0.15) is 16.3 Å². The highest BCUT2D eigenvalue weighted by molar-refractivity contribution is 6.32. The van der Waals surface area contributed by atoms with Gasteiger partial charge in [0.05, 0.1) is 9.95 Å². The minimum atomic E-state index is -4.77. The first-order chi connectivity index (χ1) is 10.2. The van der Waals surface area contributed by atoms with Crippen molar-refractivity contribution in [3.8, 4) is 11.6 Å². The van der Waals surface area contributed by atoms with Crippen LogP contribution < -0.4 is 4.74 Å². The molecule has 116 valence electrons. The largest absolute Gasteiger partial charge is 0.438 e. The normalized spacial score (nSPS) is 11.3. The van der Waals surface area contributed by atoms with Gasteiger partial charge in [0, 0.05) is 18.3 Å². The molecule has 0 atom stereocenters. The molecule has 0 unspecified atom stereocenters. The van der Waals surface area contributed by atoms with Gasteiger partial charge in [-0.25, -0.2) is 4.98 Å². The number of halogens is 5. The third-order valence-corrected chi connectivity index (χ3v) is 3.10. The lowest BCUT2D eigenvalue weighted by molar-refractivity contribution is -0.384. The van der Waals surface area contributed by atoms with E-state index in [9.17, 15) is 23.3 Å². The van der Waals surface area contributed by atoms with E-state index in [-0.39, 0.29) is 10.8 Å². The lowest BCUT2D eigenvalue weighted by atomic mass is 10.2. The SMILES string of the molecule is O=[N+]([O-])c1ccc(Oc2nccc(Cl)c2C(F)(F)F)cc1Cl. The fourth-order valence-corrected chi connectivity index (χ4v) is 2.05. The molecule has 0 aliphatic heterocycles. The molecule has 0 N–H and O–H groups in total. The van der Waals surface area contributed by atoms with Gasteiger partial charge in [-0.3, -0.25) is 10.1 Å². The maximum atomic E-state index is 12.9. The van der Waals surface area contributed by atoms with Crippen LogP contribution >= 0.6 is 23.2 Å². The summed E-state index contributed by atoms with van der Waals surface area (Å²) in [5.41, 5.74) is -1.64. The molecule has 22 heavy (non-hydrogen) atoms. The number of rotatable bonds is 3. The smallest absolute Gasteiger partial charge is 0.423 e. The Bertz CT molecular complexity index is 738. The molecule has 2 rings (SSSR count). The third-order valence-electron chi connectivity index (χ3n) is 2.48. The second kappa shape index (κ2) is 5.98. The number of aromatic nitrogens is 1. The molecule has 1 aromatic carbocycles. The minimum absolute atomic E-state index is 0.143. The van der Waals surface area contributed by atoms with Crippen molar-refractivity contribution >= 4 is 28.9 Å². The van der Waals surface area contributed by atoms with E-state index in [0.717, 1.165) is 30.5 Å². The van der Waals surface area contributed by atoms with Crippen LogP contribution in [0.5, 0.6) is 11.6 Å². The Morgan fingerprint density at radius 1 is 1.18 bits per heavy atom. The van der Waals surface area contributed by atoms with E-state index in [1.807, 2.05) is 0 Å². The highest BCUT2D eigenvalue weighted by Gasteiger charge is 2.38. The second-order valence-electron chi connectivity index (χ2n) is 3.94. The van der Waals surface area contributed by atoms with Gasteiger partial charge in [-0.1, -0.05) is 23.2 Å². The molecule has 0 radical (unpaired) electrons. The molecule has 1 heterocycles. The summed E-state index contributed by atoms with van der Waals surface area (Å²) in [6.45, 7) is 0. The number of ether oxygens (including phenoxy) is 1. The lowest BCUT2D eigenvalue weighted by Gasteiger charge is -2.13. The number of nitro benzene ring substituents is 1. The number of pyridine rings is 1. The molecule has 2 aromatic rings. The Labute approximate surface area is 131 Å². The molecule has 0 saturated carbocycles. The minimum Gasteiger partial charge on any atom is -0.438 e. The van der Waals surface area contributed by atoms with Gasteiger partial charge in [-0.15, -0.1) is 0 Å². The van der Waals surface area contributed by atoms with Crippen LogP contribution in [0.2, 0.25) is 10.0 Å². The first-order valence-electron chi connectivity index (χ1n) is 5.53. The predicted octanol–water partition coefficient (Wildman–Crippen LogP) is 5.11. The molecular weight excluding hydrogens is 348 g/mol. The van der Waals surface area contributed by atoms with Gasteiger partial charge in [-0.2, -0.15) is 13.2 Å². The van der Waals surface area contributed by atoms with Gasteiger partial charge in [0.15, 0.2) is 0 Å². The summed E-state index contributed by atoms with van der Waals surface area (Å²) < 4.78 is 43.8. The Hall–Kier alpha value is -2.06. The quantitative estimate of drug-likeness (QED) is 0.568. The van der Waals surface area contributed by atoms with Crippen LogP contribution in [-0.2, 0) is 6.18 Å². The van der Waals surface area contributed by atoms with Gasteiger partial charge in [-0.05, 0) is 12.1 Å². The van der Waals surface area contributed by atoms with Crippen molar-refractivity contribution in [1.82, 2.24) is 4.98 Å². The average Bonchev–Trinajstić information content (AvgIpc) is 2.36. The zero-order valence-corrected chi connectivity index (χ0v) is 11.9. The number of hydrogen-bond acceptors (Lipinski definition) is 4. The summed E-state index contributed by atoms with van der Waals surface area (Å²) >= 11 is 11.2. The standard InChI is InChI=1S/C12H5Cl2F3N2O3/c13-7-3-4-18-11(10(7)12(15,16)17)22-6-1-2-9(19(20)21)8(14)5-6/h1-5H. The van der Waals surface area contributed by atoms with Crippen LogP contribution in [0.15, 0.2) is 30.5 Å². The molecule has 0 aliphatic carbocycles. The van der Waals surface area contributed by atoms with E-state index in [0.29, 0.717) is 0 Å². The third kappa shape index (κ3) is 3.40. The van der Waals surface area contributed by atoms with Crippen LogP contribution in [0.4, 0.5) is 18.9 Å². The van der Waals surface area contributed by atoms with E-state index in [1.54, 1.807) is 0 Å². The molecule has 0 spiro atoms. The predicted molar refractivity (Wildman–Crippen MR) is 72.4 cm³/mol. The number of hydrogen-bond donors (Lipinski definition) is 0. The number of nitro groups is 1. The van der Waals surface area contributed by atoms with Crippen LogP contribution in [0.3, 0.4) is 0 Å². The summed E-state index contributed by atoms with van der Waals surface area (Å²) in [6, 6.07) is 4.10. The number of nitrogens with zero attached hydrogens (tertiary/aromatic N) is 2. The maximum absolute atomic E-state index is 12.9. The van der Waals surface area contributed by atoms with Crippen molar-refractivity contribution in [2.75, 3.05) is 0 Å². The summed E-state index contributed by atoms with van der Waals surface area (Å²) in [5, 5.41) is 9.77. The summed E-state index contributed by atoms with van der Waals surface area (Å²) in [4.78, 5) is 13.4. The van der Waals surface area contributed by atoms with Crippen molar-refractivity contribution in [3.05, 3.63) is 56.2 Å². The van der Waals surface area contributed by atoms with Gasteiger partial charge >= 0.3 is 6.18 Å². The molecule has 10 heteroatoms. The lowest BCUT2D eigenvalue weighted by Crippen LogP contribution is -2.09. The first kappa shape index (κ1) is 16.3. The zero-order valence-electron chi connectivity index (χ0n) is 10.4. The highest BCUT2D eigenvalue weighted by Crippen LogP contribution is 2.41. The summed E-state index contributed by atoms with van der Waals surface area (Å²) in [6.07, 6.45) is -3.73. The van der Waals surface area contributed by atoms with Crippen LogP contribution in [-0.4, -0.2) is 9.91 Å². The fraction of sp³-hybridized carbons (Fsp3) is 0.0833. The van der Waals surface area contributed by atoms with Crippen molar-refractivity contribution in [2.45, 2.75) is 6.18 Å². The molecule has 5 nitrogen and oxygen atoms in total. The van der Waals surface area contributed by atoms with Gasteiger partial charge in [0.25, 0.3) is 5.69 Å².